The van der Waals surface area contributed by atoms with Crippen molar-refractivity contribution >= 4 is 5.82 Å². The van der Waals surface area contributed by atoms with Crippen LogP contribution >= 0.6 is 0 Å². The first-order valence-corrected chi connectivity index (χ1v) is 5.39. The molecule has 4 atom stereocenters. The molecule has 0 saturated carbocycles. The van der Waals surface area contributed by atoms with E-state index in [9.17, 15) is 20.1 Å². The third-order valence-corrected chi connectivity index (χ3v) is 3.01. The number of anilines is 1. The van der Waals surface area contributed by atoms with Crippen molar-refractivity contribution in [1.29, 1.82) is 0 Å². The molecule has 102 valence electrons. The third kappa shape index (κ3) is 1.98. The number of aromatic nitrogens is 2. The molecule has 1 aliphatic rings. The lowest BCUT2D eigenvalue weighted by molar-refractivity contribution is -0.0624. The van der Waals surface area contributed by atoms with Gasteiger partial charge in [0.2, 0.25) is 0 Å². The summed E-state index contributed by atoms with van der Waals surface area (Å²) in [5.41, 5.74) is 2.42. The van der Waals surface area contributed by atoms with Crippen molar-refractivity contribution in [2.24, 2.45) is 0 Å². The van der Waals surface area contributed by atoms with Gasteiger partial charge in [-0.05, 0) is 6.07 Å². The van der Waals surface area contributed by atoms with Gasteiger partial charge in [0.25, 0.3) is 0 Å². The Balaban J connectivity index is 2.44. The summed E-state index contributed by atoms with van der Waals surface area (Å²) in [5, 5.41) is 29.5. The molecule has 5 N–H and O–H groups in total. The fourth-order valence-electron chi connectivity index (χ4n) is 1.93. The van der Waals surface area contributed by atoms with Gasteiger partial charge in [0.15, 0.2) is 11.8 Å². The second kappa shape index (κ2) is 4.64. The van der Waals surface area contributed by atoms with Crippen molar-refractivity contribution in [1.82, 2.24) is 9.55 Å². The van der Waals surface area contributed by atoms with Crippen molar-refractivity contribution in [3.05, 3.63) is 22.7 Å². The average Bonchev–Trinajstić information content (AvgIpc) is 2.63. The maximum Gasteiger partial charge on any atom is 0.351 e. The number of aliphatic hydroxyl groups is 3. The summed E-state index contributed by atoms with van der Waals surface area (Å²) in [6.07, 6.45) is -1.23. The molecular weight excluding hydrogens is 254 g/mol. The van der Waals surface area contributed by atoms with Crippen molar-refractivity contribution in [2.75, 3.05) is 12.3 Å². The molecule has 19 heavy (non-hydrogen) atoms. The normalized spacial score (nSPS) is 34.5. The van der Waals surface area contributed by atoms with Crippen LogP contribution < -0.4 is 11.4 Å². The Hall–Kier alpha value is -1.92. The lowest BCUT2D eigenvalue weighted by Gasteiger charge is -2.23. The zero-order valence-corrected chi connectivity index (χ0v) is 9.72. The monoisotopic (exact) mass is 268 g/mol. The number of nitrogen functional groups attached to an aromatic ring is 1. The van der Waals surface area contributed by atoms with E-state index in [1.165, 1.54) is 12.3 Å². The van der Waals surface area contributed by atoms with Crippen LogP contribution in [-0.2, 0) is 4.74 Å². The quantitative estimate of drug-likeness (QED) is 0.434. The minimum Gasteiger partial charge on any atom is -0.394 e. The highest BCUT2D eigenvalue weighted by Crippen LogP contribution is 2.35. The van der Waals surface area contributed by atoms with Crippen LogP contribution in [0.3, 0.4) is 0 Å². The Kier molecular flexibility index (Phi) is 2.96. The number of nitrogens with two attached hydrogens (primary N) is 1. The van der Waals surface area contributed by atoms with Crippen LogP contribution in [0.5, 0.6) is 0 Å². The summed E-state index contributed by atoms with van der Waals surface area (Å²) in [7, 11) is 0. The Labute approximate surface area is 109 Å². The van der Waals surface area contributed by atoms with Crippen LogP contribution in [0.25, 0.3) is 0 Å². The van der Waals surface area contributed by atoms with Gasteiger partial charge in [-0.25, -0.2) is 4.79 Å². The van der Waals surface area contributed by atoms with E-state index >= 15 is 0 Å². The van der Waals surface area contributed by atoms with Crippen molar-refractivity contribution in [2.45, 2.75) is 24.0 Å². The predicted octanol–water partition coefficient (Wildman–Crippen LogP) is -2.56. The fraction of sp³-hybridized carbons (Fsp3) is 0.455. The zero-order chi connectivity index (χ0) is 14.9. The molecule has 2 heterocycles. The zero-order valence-electron chi connectivity index (χ0n) is 10.7. The topological polar surface area (TPSA) is 131 Å². The van der Waals surface area contributed by atoms with Crippen LogP contribution in [0.4, 0.5) is 5.82 Å². The molecule has 1 aromatic heterocycles. The van der Waals surface area contributed by atoms with E-state index < -0.39 is 36.3 Å². The van der Waals surface area contributed by atoms with Gasteiger partial charge in [0, 0.05) is 6.20 Å². The lowest BCUT2D eigenvalue weighted by atomic mass is 9.93. The van der Waals surface area contributed by atoms with Crippen LogP contribution in [0.15, 0.2) is 17.1 Å². The average molecular weight is 268 g/mol. The Morgan fingerprint density at radius 1 is 1.79 bits per heavy atom. The van der Waals surface area contributed by atoms with E-state index in [0.29, 0.717) is 0 Å². The van der Waals surface area contributed by atoms with Gasteiger partial charge >= 0.3 is 5.69 Å². The first-order chi connectivity index (χ1) is 9.43. The summed E-state index contributed by atoms with van der Waals surface area (Å²) >= 11 is 0. The first kappa shape index (κ1) is 12.1. The Morgan fingerprint density at radius 3 is 3.11 bits per heavy atom. The second-order valence-electron chi connectivity index (χ2n) is 4.14. The van der Waals surface area contributed by atoms with E-state index in [-0.39, 0.29) is 5.82 Å². The molecule has 0 bridgehead atoms. The van der Waals surface area contributed by atoms with Crippen LogP contribution in [-0.4, -0.2) is 49.3 Å². The van der Waals surface area contributed by atoms with Crippen LogP contribution in [0.2, 0.25) is 0 Å². The van der Waals surface area contributed by atoms with Gasteiger partial charge in [0.05, 0.1) is 6.61 Å². The molecule has 1 saturated heterocycles. The predicted molar refractivity (Wildman–Crippen MR) is 63.7 cm³/mol. The molecule has 1 fully saturated rings. The van der Waals surface area contributed by atoms with Crippen molar-refractivity contribution in [3.63, 3.8) is 0 Å². The molecule has 1 unspecified atom stereocenters. The maximum absolute atomic E-state index is 11.7. The summed E-state index contributed by atoms with van der Waals surface area (Å²) in [5.74, 6) is 2.08. The van der Waals surface area contributed by atoms with E-state index in [4.69, 9.17) is 11.8 Å². The van der Waals surface area contributed by atoms with E-state index in [0.717, 1.165) is 4.57 Å². The van der Waals surface area contributed by atoms with Gasteiger partial charge < -0.3 is 25.8 Å². The molecule has 1 aliphatic heterocycles. The number of terminal acetylenes is 1. The number of aliphatic hydroxyl groups excluding tert-OH is 2. The van der Waals surface area contributed by atoms with E-state index in [1.54, 1.807) is 6.40 Å². The molecule has 0 aromatic carbocycles. The highest BCUT2D eigenvalue weighted by molar-refractivity contribution is 5.24. The number of ether oxygens (including phenoxy) is 1. The summed E-state index contributed by atoms with van der Waals surface area (Å²) in [4.78, 5) is 15.2. The smallest absolute Gasteiger partial charge is 0.351 e. The summed E-state index contributed by atoms with van der Waals surface area (Å²) < 4.78 is 13.0. The summed E-state index contributed by atoms with van der Waals surface area (Å²) in [6, 6.07) is 1.32. The Morgan fingerprint density at radius 2 is 2.53 bits per heavy atom. The second-order valence-corrected chi connectivity index (χ2v) is 4.14. The van der Waals surface area contributed by atoms with E-state index in [2.05, 4.69) is 10.9 Å². The molecule has 8 nitrogen and oxygen atoms in total. The standard InChI is InChI=1S/C11H13N3O5/c1-2-11(18)6(5-15)19-9(8(11)16)14-4-3-7(12)13-10(14)17/h1,3-4,6,8-9,15-16,18H,5H2,(H2,12,13,17)/t6-,8+,9?,11-/m1/s1/i1D. The summed E-state index contributed by atoms with van der Waals surface area (Å²) in [6.45, 7) is -0.643. The minimum absolute atomic E-state index is 0.00124. The molecule has 0 amide bonds. The van der Waals surface area contributed by atoms with Crippen molar-refractivity contribution in [3.8, 4) is 12.3 Å². The molecule has 8 heteroatoms. The number of hydrogen-bond donors (Lipinski definition) is 4. The van der Waals surface area contributed by atoms with Gasteiger partial charge in [-0.3, -0.25) is 4.57 Å². The first-order valence-electron chi connectivity index (χ1n) is 5.89. The maximum atomic E-state index is 11.7. The van der Waals surface area contributed by atoms with Crippen LogP contribution in [0.1, 0.15) is 7.60 Å². The molecule has 0 aliphatic carbocycles. The number of nitrogens with zero attached hydrogens (tertiary/aromatic N) is 2. The van der Waals surface area contributed by atoms with Crippen LogP contribution in [0, 0.1) is 12.3 Å². The molecule has 2 rings (SSSR count). The molecular formula is C11H13N3O5. The highest BCUT2D eigenvalue weighted by Gasteiger charge is 2.55. The van der Waals surface area contributed by atoms with Gasteiger partial charge in [0.1, 0.15) is 19.4 Å². The highest BCUT2D eigenvalue weighted by atomic mass is 16.6. The SMILES string of the molecule is [2H]C#C[C@@]1(O)[C@@H](CO)OC(n2ccc(N)nc2=O)[C@@H]1O. The molecule has 0 spiro atoms. The largest absolute Gasteiger partial charge is 0.394 e. The van der Waals surface area contributed by atoms with Crippen molar-refractivity contribution < 1.29 is 21.4 Å². The number of rotatable bonds is 2. The lowest BCUT2D eigenvalue weighted by Crippen LogP contribution is -2.48. The van der Waals surface area contributed by atoms with Gasteiger partial charge in [-0.1, -0.05) is 5.92 Å². The van der Waals surface area contributed by atoms with Gasteiger partial charge in [-0.15, -0.1) is 6.40 Å². The molecule has 0 radical (unpaired) electrons. The fourth-order valence-corrected chi connectivity index (χ4v) is 1.93. The van der Waals surface area contributed by atoms with E-state index in [1.807, 2.05) is 0 Å². The molecule has 1 aromatic rings. The number of hydrogen-bond acceptors (Lipinski definition) is 7. The Bertz CT molecular complexity index is 624. The minimum atomic E-state index is -2.15. The van der Waals surface area contributed by atoms with Gasteiger partial charge in [-0.2, -0.15) is 4.98 Å². The third-order valence-electron chi connectivity index (χ3n) is 3.01.